The lowest BCUT2D eigenvalue weighted by atomic mass is 10.1. The van der Waals surface area contributed by atoms with Gasteiger partial charge < -0.3 is 4.84 Å². The van der Waals surface area contributed by atoms with Crippen LogP contribution in [0.1, 0.15) is 33.1 Å². The zero-order valence-corrected chi connectivity index (χ0v) is 6.05. The zero-order chi connectivity index (χ0) is 6.69. The minimum absolute atomic E-state index is 0.375. The van der Waals surface area contributed by atoms with Gasteiger partial charge in [-0.25, -0.2) is 0 Å². The van der Waals surface area contributed by atoms with Crippen molar-refractivity contribution in [2.24, 2.45) is 5.16 Å². The van der Waals surface area contributed by atoms with E-state index in [1.54, 1.807) is 0 Å². The SMILES string of the molecule is CCC1=NOC(CC)C1. The first-order valence-electron chi connectivity index (χ1n) is 3.58. The summed E-state index contributed by atoms with van der Waals surface area (Å²) in [5.41, 5.74) is 1.21. The maximum Gasteiger partial charge on any atom is 0.132 e. The smallest absolute Gasteiger partial charge is 0.132 e. The Morgan fingerprint density at radius 2 is 2.44 bits per heavy atom. The quantitative estimate of drug-likeness (QED) is 0.555. The van der Waals surface area contributed by atoms with Crippen LogP contribution in [0.2, 0.25) is 0 Å². The van der Waals surface area contributed by atoms with Gasteiger partial charge in [0.15, 0.2) is 0 Å². The minimum atomic E-state index is 0.375. The second-order valence-electron chi connectivity index (χ2n) is 2.35. The highest BCUT2D eigenvalue weighted by Crippen LogP contribution is 2.14. The Hall–Kier alpha value is -0.530. The second kappa shape index (κ2) is 2.85. The van der Waals surface area contributed by atoms with Gasteiger partial charge in [-0.2, -0.15) is 0 Å². The molecular weight excluding hydrogens is 114 g/mol. The van der Waals surface area contributed by atoms with Crippen molar-refractivity contribution in [2.45, 2.75) is 39.2 Å². The monoisotopic (exact) mass is 127 g/mol. The first-order valence-corrected chi connectivity index (χ1v) is 3.58. The fraction of sp³-hybridized carbons (Fsp3) is 0.857. The van der Waals surface area contributed by atoms with E-state index in [1.807, 2.05) is 0 Å². The van der Waals surface area contributed by atoms with Gasteiger partial charge in [0.05, 0.1) is 5.71 Å². The van der Waals surface area contributed by atoms with Crippen LogP contribution in [0.5, 0.6) is 0 Å². The third-order valence-electron chi connectivity index (χ3n) is 1.66. The van der Waals surface area contributed by atoms with Gasteiger partial charge in [-0.15, -0.1) is 0 Å². The molecule has 2 heteroatoms. The summed E-state index contributed by atoms with van der Waals surface area (Å²) in [5, 5.41) is 3.92. The molecule has 1 unspecified atom stereocenters. The van der Waals surface area contributed by atoms with E-state index in [0.717, 1.165) is 19.3 Å². The third kappa shape index (κ3) is 1.44. The molecule has 0 spiro atoms. The highest BCUT2D eigenvalue weighted by atomic mass is 16.6. The number of rotatable bonds is 2. The molecule has 0 aromatic carbocycles. The molecule has 1 atom stereocenters. The van der Waals surface area contributed by atoms with E-state index in [1.165, 1.54) is 5.71 Å². The lowest BCUT2D eigenvalue weighted by Crippen LogP contribution is -2.04. The van der Waals surface area contributed by atoms with Crippen LogP contribution < -0.4 is 0 Å². The average molecular weight is 127 g/mol. The van der Waals surface area contributed by atoms with Gasteiger partial charge in [0.25, 0.3) is 0 Å². The summed E-state index contributed by atoms with van der Waals surface area (Å²) < 4.78 is 0. The van der Waals surface area contributed by atoms with Crippen molar-refractivity contribution in [1.29, 1.82) is 0 Å². The summed E-state index contributed by atoms with van der Waals surface area (Å²) in [7, 11) is 0. The molecule has 0 saturated carbocycles. The predicted molar refractivity (Wildman–Crippen MR) is 37.5 cm³/mol. The van der Waals surface area contributed by atoms with E-state index in [0.29, 0.717) is 6.10 Å². The van der Waals surface area contributed by atoms with Crippen molar-refractivity contribution < 1.29 is 4.84 Å². The molecule has 9 heavy (non-hydrogen) atoms. The fourth-order valence-corrected chi connectivity index (χ4v) is 0.914. The number of hydrogen-bond acceptors (Lipinski definition) is 2. The first-order chi connectivity index (χ1) is 4.36. The maximum absolute atomic E-state index is 5.09. The van der Waals surface area contributed by atoms with Crippen LogP contribution in [0.3, 0.4) is 0 Å². The van der Waals surface area contributed by atoms with Crippen molar-refractivity contribution in [3.05, 3.63) is 0 Å². The summed E-state index contributed by atoms with van der Waals surface area (Å²) in [4.78, 5) is 5.09. The van der Waals surface area contributed by atoms with E-state index in [2.05, 4.69) is 19.0 Å². The molecular formula is C7H13NO. The van der Waals surface area contributed by atoms with Crippen molar-refractivity contribution >= 4 is 5.71 Å². The van der Waals surface area contributed by atoms with E-state index < -0.39 is 0 Å². The molecule has 2 nitrogen and oxygen atoms in total. The minimum Gasteiger partial charge on any atom is -0.392 e. The molecule has 0 N–H and O–H groups in total. The molecule has 1 rings (SSSR count). The summed E-state index contributed by atoms with van der Waals surface area (Å²) in [5.74, 6) is 0. The standard InChI is InChI=1S/C7H13NO/c1-3-6-5-7(4-2)9-8-6/h7H,3-5H2,1-2H3. The van der Waals surface area contributed by atoms with Gasteiger partial charge in [0, 0.05) is 6.42 Å². The maximum atomic E-state index is 5.09. The first kappa shape index (κ1) is 6.59. The molecule has 0 aromatic heterocycles. The predicted octanol–water partition coefficient (Wildman–Crippen LogP) is 1.95. The summed E-state index contributed by atoms with van der Waals surface area (Å²) in [6.07, 6.45) is 3.54. The van der Waals surface area contributed by atoms with Gasteiger partial charge in [0.2, 0.25) is 0 Å². The Morgan fingerprint density at radius 1 is 1.67 bits per heavy atom. The molecule has 0 aliphatic carbocycles. The van der Waals surface area contributed by atoms with Crippen LogP contribution in [0.4, 0.5) is 0 Å². The molecule has 0 amide bonds. The van der Waals surface area contributed by atoms with Crippen LogP contribution in [0, 0.1) is 0 Å². The molecule has 0 radical (unpaired) electrons. The van der Waals surface area contributed by atoms with Crippen molar-refractivity contribution in [2.75, 3.05) is 0 Å². The van der Waals surface area contributed by atoms with Gasteiger partial charge >= 0.3 is 0 Å². The lowest BCUT2D eigenvalue weighted by Gasteiger charge is -2.00. The molecule has 0 aromatic rings. The Morgan fingerprint density at radius 3 is 2.78 bits per heavy atom. The van der Waals surface area contributed by atoms with Crippen molar-refractivity contribution in [1.82, 2.24) is 0 Å². The highest BCUT2D eigenvalue weighted by molar-refractivity contribution is 5.85. The van der Waals surface area contributed by atoms with E-state index >= 15 is 0 Å². The lowest BCUT2D eigenvalue weighted by molar-refractivity contribution is 0.0829. The molecule has 1 heterocycles. The van der Waals surface area contributed by atoms with Gasteiger partial charge in [-0.1, -0.05) is 19.0 Å². The summed E-state index contributed by atoms with van der Waals surface area (Å²) >= 11 is 0. The van der Waals surface area contributed by atoms with Crippen LogP contribution in [-0.2, 0) is 4.84 Å². The number of oxime groups is 1. The zero-order valence-electron chi connectivity index (χ0n) is 6.05. The second-order valence-corrected chi connectivity index (χ2v) is 2.35. The molecule has 1 aliphatic heterocycles. The average Bonchev–Trinajstić information content (AvgIpc) is 2.34. The normalized spacial score (nSPS) is 25.6. The molecule has 0 fully saturated rings. The topological polar surface area (TPSA) is 21.6 Å². The van der Waals surface area contributed by atoms with Gasteiger partial charge in [0.1, 0.15) is 6.10 Å². The Kier molecular flexibility index (Phi) is 2.09. The highest BCUT2D eigenvalue weighted by Gasteiger charge is 2.16. The van der Waals surface area contributed by atoms with Crippen LogP contribution in [-0.4, -0.2) is 11.8 Å². The van der Waals surface area contributed by atoms with E-state index in [4.69, 9.17) is 4.84 Å². The molecule has 0 bridgehead atoms. The van der Waals surface area contributed by atoms with Crippen molar-refractivity contribution in [3.8, 4) is 0 Å². The Labute approximate surface area is 55.9 Å². The largest absolute Gasteiger partial charge is 0.392 e. The van der Waals surface area contributed by atoms with Crippen LogP contribution in [0.15, 0.2) is 5.16 Å². The molecule has 0 saturated heterocycles. The van der Waals surface area contributed by atoms with Crippen molar-refractivity contribution in [3.63, 3.8) is 0 Å². The van der Waals surface area contributed by atoms with E-state index in [9.17, 15) is 0 Å². The number of hydrogen-bond donors (Lipinski definition) is 0. The Bertz CT molecular complexity index is 120. The molecule has 1 aliphatic rings. The van der Waals surface area contributed by atoms with Gasteiger partial charge in [-0.3, -0.25) is 0 Å². The van der Waals surface area contributed by atoms with Gasteiger partial charge in [-0.05, 0) is 12.8 Å². The third-order valence-corrected chi connectivity index (χ3v) is 1.66. The summed E-state index contributed by atoms with van der Waals surface area (Å²) in [6.45, 7) is 4.24. The van der Waals surface area contributed by atoms with Crippen LogP contribution in [0.25, 0.3) is 0 Å². The summed E-state index contributed by atoms with van der Waals surface area (Å²) in [6, 6.07) is 0. The number of nitrogens with zero attached hydrogens (tertiary/aromatic N) is 1. The molecule has 52 valence electrons. The van der Waals surface area contributed by atoms with E-state index in [-0.39, 0.29) is 0 Å². The fourth-order valence-electron chi connectivity index (χ4n) is 0.914. The Balaban J connectivity index is 2.31. The van der Waals surface area contributed by atoms with Crippen LogP contribution >= 0.6 is 0 Å².